The fourth-order valence-corrected chi connectivity index (χ4v) is 8.07. The van der Waals surface area contributed by atoms with Gasteiger partial charge in [-0.15, -0.1) is 0 Å². The first kappa shape index (κ1) is 34.6. The van der Waals surface area contributed by atoms with Crippen molar-refractivity contribution >= 4 is 46.6 Å². The molecule has 4 amide bonds. The van der Waals surface area contributed by atoms with Crippen LogP contribution in [0, 0.1) is 20.4 Å². The van der Waals surface area contributed by atoms with Crippen LogP contribution in [-0.2, 0) is 22.7 Å². The molecule has 4 aromatic rings. The number of aromatic nitrogens is 2. The number of halogens is 1. The first-order valence-electron chi connectivity index (χ1n) is 17.9. The van der Waals surface area contributed by atoms with Crippen LogP contribution in [0.5, 0.6) is 0 Å². The molecule has 3 saturated heterocycles. The molecule has 1 atom stereocenters. The Morgan fingerprint density at radius 1 is 0.981 bits per heavy atom. The Morgan fingerprint density at radius 2 is 1.74 bits per heavy atom. The maximum Gasteiger partial charge on any atom is 0.255 e. The molecule has 53 heavy (non-hydrogen) atoms. The molecule has 12 nitrogen and oxygen atoms in total. The maximum atomic E-state index is 13.5. The summed E-state index contributed by atoms with van der Waals surface area (Å²) in [4.78, 5) is 62.4. The van der Waals surface area contributed by atoms with Crippen LogP contribution in [0.15, 0.2) is 60.7 Å². The Bertz CT molecular complexity index is 2190. The lowest BCUT2D eigenvalue weighted by molar-refractivity contribution is -0.136. The van der Waals surface area contributed by atoms with Gasteiger partial charge in [0.25, 0.3) is 11.8 Å². The number of imide groups is 1. The van der Waals surface area contributed by atoms with Crippen LogP contribution in [-0.4, -0.2) is 99.5 Å². The Morgan fingerprint density at radius 3 is 2.43 bits per heavy atom. The van der Waals surface area contributed by atoms with Gasteiger partial charge in [0, 0.05) is 91.4 Å². The number of nitrogens with one attached hydrogen (secondary N) is 1. The van der Waals surface area contributed by atoms with E-state index in [1.165, 1.54) is 0 Å². The predicted molar refractivity (Wildman–Crippen MR) is 200 cm³/mol. The summed E-state index contributed by atoms with van der Waals surface area (Å²) in [5, 5.41) is 7.63. The average Bonchev–Trinajstić information content (AvgIpc) is 3.61. The summed E-state index contributed by atoms with van der Waals surface area (Å²) in [6.45, 7) is 16.9. The number of hydrogen-bond acceptors (Lipinski definition) is 7. The topological polar surface area (TPSA) is 115 Å². The molecule has 270 valence electrons. The van der Waals surface area contributed by atoms with Gasteiger partial charge in [-0.05, 0) is 67.3 Å². The lowest BCUT2D eigenvalue weighted by atomic mass is 10.0. The Kier molecular flexibility index (Phi) is 9.00. The highest BCUT2D eigenvalue weighted by atomic mass is 35.5. The molecule has 1 N–H and O–H groups in total. The SMILES string of the molecule is [C-]#[N+]c1ccc(-c2nn(Cc3ccc(C(=O)N4CCN(C5CN(c6ccc7c(c6)C(=O)N(C6CCC(=O)NC6=O)C7)C5)CC4)cc3)c(C)c2C)cc1Cl. The average molecular weight is 731 g/mol. The summed E-state index contributed by atoms with van der Waals surface area (Å²) in [6.07, 6.45) is 0.590. The minimum Gasteiger partial charge on any atom is -0.368 e. The van der Waals surface area contributed by atoms with Gasteiger partial charge in [0.05, 0.1) is 18.8 Å². The number of benzene rings is 3. The molecule has 1 aromatic heterocycles. The molecule has 4 aliphatic heterocycles. The van der Waals surface area contributed by atoms with Gasteiger partial charge in [0.1, 0.15) is 6.04 Å². The molecule has 5 heterocycles. The number of rotatable bonds is 7. The zero-order chi connectivity index (χ0) is 37.0. The third kappa shape index (κ3) is 6.44. The van der Waals surface area contributed by atoms with E-state index in [1.54, 1.807) is 17.0 Å². The minimum atomic E-state index is -0.617. The fraction of sp³-hybridized carbons (Fsp3) is 0.350. The Labute approximate surface area is 312 Å². The normalized spacial score (nSPS) is 19.2. The number of carbonyl (C=O) groups is 4. The van der Waals surface area contributed by atoms with Crippen molar-refractivity contribution in [3.63, 3.8) is 0 Å². The molecule has 3 fully saturated rings. The zero-order valence-corrected chi connectivity index (χ0v) is 30.4. The standard InChI is InChI=1S/C40H39ClN8O4/c1-24-25(2)49(44-37(24)28-9-11-34(42-3)33(41)18-28)20-26-4-6-27(7-5-26)39(52)46-16-14-45(15-17-46)31-22-47(23-31)30-10-8-29-21-48(40(53)32(29)19-30)35-12-13-36(50)43-38(35)51/h4-11,18-19,31,35H,12-17,20-23H2,1-2H3,(H,43,50,51). The number of amides is 4. The number of carbonyl (C=O) groups excluding carboxylic acids is 4. The quantitative estimate of drug-likeness (QED) is 0.214. The molecule has 0 saturated carbocycles. The third-order valence-electron chi connectivity index (χ3n) is 11.2. The number of nitrogens with zero attached hydrogens (tertiary/aromatic N) is 7. The first-order valence-corrected chi connectivity index (χ1v) is 18.3. The third-order valence-corrected chi connectivity index (χ3v) is 11.5. The van der Waals surface area contributed by atoms with E-state index in [4.69, 9.17) is 23.3 Å². The molecule has 3 aromatic carbocycles. The molecule has 0 bridgehead atoms. The summed E-state index contributed by atoms with van der Waals surface area (Å²) in [5.74, 6) is -0.813. The zero-order valence-electron chi connectivity index (χ0n) is 29.6. The van der Waals surface area contributed by atoms with Gasteiger partial charge in [-0.3, -0.25) is 34.1 Å². The van der Waals surface area contributed by atoms with Crippen molar-refractivity contribution < 1.29 is 19.2 Å². The highest BCUT2D eigenvalue weighted by Gasteiger charge is 2.40. The number of piperazine rings is 1. The lowest BCUT2D eigenvalue weighted by Crippen LogP contribution is -2.63. The van der Waals surface area contributed by atoms with Crippen LogP contribution in [0.25, 0.3) is 16.1 Å². The van der Waals surface area contributed by atoms with Crippen LogP contribution in [0.1, 0.15) is 55.9 Å². The van der Waals surface area contributed by atoms with E-state index in [-0.39, 0.29) is 24.1 Å². The minimum absolute atomic E-state index is 0.0359. The number of piperidine rings is 1. The predicted octanol–water partition coefficient (Wildman–Crippen LogP) is 4.83. The summed E-state index contributed by atoms with van der Waals surface area (Å²) < 4.78 is 1.96. The van der Waals surface area contributed by atoms with Crippen LogP contribution in [0.4, 0.5) is 11.4 Å². The second-order valence-electron chi connectivity index (χ2n) is 14.3. The maximum absolute atomic E-state index is 13.5. The molecule has 13 heteroatoms. The molecule has 8 rings (SSSR count). The number of anilines is 1. The Hall–Kier alpha value is -5.51. The van der Waals surface area contributed by atoms with Crippen molar-refractivity contribution in [1.29, 1.82) is 0 Å². The Balaban J connectivity index is 0.828. The van der Waals surface area contributed by atoms with Gasteiger partial charge < -0.3 is 14.7 Å². The summed E-state index contributed by atoms with van der Waals surface area (Å²) in [7, 11) is 0. The largest absolute Gasteiger partial charge is 0.368 e. The van der Waals surface area contributed by atoms with Crippen LogP contribution in [0.2, 0.25) is 5.02 Å². The van der Waals surface area contributed by atoms with E-state index < -0.39 is 11.9 Å². The van der Waals surface area contributed by atoms with Crippen LogP contribution >= 0.6 is 11.6 Å². The van der Waals surface area contributed by atoms with E-state index in [2.05, 4.69) is 20.0 Å². The lowest BCUT2D eigenvalue weighted by Gasteiger charge is -2.49. The van der Waals surface area contributed by atoms with Crippen molar-refractivity contribution in [2.24, 2.45) is 0 Å². The highest BCUT2D eigenvalue weighted by Crippen LogP contribution is 2.34. The molecule has 0 radical (unpaired) electrons. The van der Waals surface area contributed by atoms with Gasteiger partial charge in [-0.25, -0.2) is 4.85 Å². The van der Waals surface area contributed by atoms with Gasteiger partial charge in [0.15, 0.2) is 0 Å². The van der Waals surface area contributed by atoms with Gasteiger partial charge >= 0.3 is 0 Å². The van der Waals surface area contributed by atoms with E-state index in [9.17, 15) is 19.2 Å². The van der Waals surface area contributed by atoms with Crippen molar-refractivity contribution in [2.45, 2.75) is 51.9 Å². The summed E-state index contributed by atoms with van der Waals surface area (Å²) >= 11 is 6.30. The van der Waals surface area contributed by atoms with Crippen LogP contribution < -0.4 is 10.2 Å². The smallest absolute Gasteiger partial charge is 0.255 e. The van der Waals surface area contributed by atoms with E-state index >= 15 is 0 Å². The molecule has 0 spiro atoms. The van der Waals surface area contributed by atoms with Crippen molar-refractivity contribution in [1.82, 2.24) is 29.8 Å². The fourth-order valence-electron chi connectivity index (χ4n) is 7.84. The molecule has 4 aliphatic rings. The molecular weight excluding hydrogens is 692 g/mol. The number of hydrogen-bond donors (Lipinski definition) is 1. The monoisotopic (exact) mass is 730 g/mol. The summed E-state index contributed by atoms with van der Waals surface area (Å²) in [6, 6.07) is 18.9. The van der Waals surface area contributed by atoms with E-state index in [1.807, 2.05) is 72.0 Å². The molecule has 1 unspecified atom stereocenters. The first-order chi connectivity index (χ1) is 25.6. The highest BCUT2D eigenvalue weighted by molar-refractivity contribution is 6.33. The van der Waals surface area contributed by atoms with Crippen molar-refractivity contribution in [3.8, 4) is 11.3 Å². The van der Waals surface area contributed by atoms with Gasteiger partial charge in [-0.1, -0.05) is 41.9 Å². The van der Waals surface area contributed by atoms with Crippen molar-refractivity contribution in [2.75, 3.05) is 44.2 Å². The van der Waals surface area contributed by atoms with Gasteiger partial charge in [-0.2, -0.15) is 5.10 Å². The second kappa shape index (κ2) is 13.8. The molecular formula is C40H39ClN8O4. The van der Waals surface area contributed by atoms with E-state index in [0.717, 1.165) is 65.5 Å². The number of fused-ring (bicyclic) bond motifs is 1. The summed E-state index contributed by atoms with van der Waals surface area (Å²) in [5.41, 5.74) is 8.45. The molecule has 0 aliphatic carbocycles. The van der Waals surface area contributed by atoms with E-state index in [0.29, 0.717) is 60.5 Å². The second-order valence-corrected chi connectivity index (χ2v) is 14.7. The van der Waals surface area contributed by atoms with Gasteiger partial charge in [0.2, 0.25) is 17.5 Å². The van der Waals surface area contributed by atoms with Crippen molar-refractivity contribution in [3.05, 3.63) is 111 Å². The van der Waals surface area contributed by atoms with Crippen LogP contribution in [0.3, 0.4) is 0 Å².